The molecular formula is C18H17N3O5. The Labute approximate surface area is 149 Å². The summed E-state index contributed by atoms with van der Waals surface area (Å²) in [5.74, 6) is -1.20. The van der Waals surface area contributed by atoms with Crippen LogP contribution in [0.1, 0.15) is 20.7 Å². The molecule has 26 heavy (non-hydrogen) atoms. The van der Waals surface area contributed by atoms with E-state index < -0.39 is 10.9 Å². The minimum absolute atomic E-state index is 0.104. The summed E-state index contributed by atoms with van der Waals surface area (Å²) < 4.78 is 0. The van der Waals surface area contributed by atoms with E-state index in [1.165, 1.54) is 18.2 Å². The maximum Gasteiger partial charge on any atom is 0.335 e. The molecule has 1 aliphatic heterocycles. The van der Waals surface area contributed by atoms with Crippen LogP contribution in [0.15, 0.2) is 48.5 Å². The number of carbonyl (C=O) groups excluding carboxylic acids is 1. The highest BCUT2D eigenvalue weighted by Gasteiger charge is 2.23. The van der Waals surface area contributed by atoms with Gasteiger partial charge in [-0.2, -0.15) is 0 Å². The lowest BCUT2D eigenvalue weighted by molar-refractivity contribution is -0.384. The maximum atomic E-state index is 12.6. The predicted octanol–water partition coefficient (Wildman–Crippen LogP) is 2.26. The smallest absolute Gasteiger partial charge is 0.335 e. The zero-order valence-corrected chi connectivity index (χ0v) is 13.9. The number of nitro groups is 1. The fourth-order valence-corrected chi connectivity index (χ4v) is 2.92. The van der Waals surface area contributed by atoms with Gasteiger partial charge in [-0.25, -0.2) is 4.79 Å². The van der Waals surface area contributed by atoms with Gasteiger partial charge in [0.15, 0.2) is 0 Å². The fraction of sp³-hybridized carbons (Fsp3) is 0.222. The molecule has 8 heteroatoms. The van der Waals surface area contributed by atoms with E-state index in [2.05, 4.69) is 4.90 Å². The minimum Gasteiger partial charge on any atom is -0.478 e. The van der Waals surface area contributed by atoms with Gasteiger partial charge in [-0.3, -0.25) is 14.9 Å². The number of nitro benzene ring substituents is 1. The van der Waals surface area contributed by atoms with Crippen LogP contribution >= 0.6 is 0 Å². The third-order valence-electron chi connectivity index (χ3n) is 4.35. The van der Waals surface area contributed by atoms with Crippen LogP contribution in [0.3, 0.4) is 0 Å². The Morgan fingerprint density at radius 3 is 2.19 bits per heavy atom. The van der Waals surface area contributed by atoms with E-state index in [9.17, 15) is 19.7 Å². The Bertz CT molecular complexity index is 842. The normalized spacial score (nSPS) is 14.2. The van der Waals surface area contributed by atoms with Crippen molar-refractivity contribution in [3.05, 3.63) is 69.8 Å². The first-order valence-corrected chi connectivity index (χ1v) is 8.08. The average Bonchev–Trinajstić information content (AvgIpc) is 2.67. The number of non-ortho nitro benzene ring substituents is 1. The summed E-state index contributed by atoms with van der Waals surface area (Å²) in [4.78, 5) is 37.5. The van der Waals surface area contributed by atoms with Gasteiger partial charge in [0.1, 0.15) is 0 Å². The predicted molar refractivity (Wildman–Crippen MR) is 94.6 cm³/mol. The van der Waals surface area contributed by atoms with Gasteiger partial charge in [0.05, 0.1) is 10.5 Å². The first kappa shape index (κ1) is 17.4. The van der Waals surface area contributed by atoms with Gasteiger partial charge in [0, 0.05) is 49.6 Å². The molecule has 2 aromatic carbocycles. The molecule has 0 radical (unpaired) electrons. The number of hydrogen-bond acceptors (Lipinski definition) is 5. The van der Waals surface area contributed by atoms with E-state index in [1.54, 1.807) is 35.2 Å². The second kappa shape index (κ2) is 7.22. The average molecular weight is 355 g/mol. The van der Waals surface area contributed by atoms with Gasteiger partial charge >= 0.3 is 5.97 Å². The molecule has 0 saturated carbocycles. The highest BCUT2D eigenvalue weighted by atomic mass is 16.6. The highest BCUT2D eigenvalue weighted by molar-refractivity contribution is 5.95. The molecule has 1 saturated heterocycles. The third-order valence-corrected chi connectivity index (χ3v) is 4.35. The first-order valence-electron chi connectivity index (χ1n) is 8.08. The second-order valence-corrected chi connectivity index (χ2v) is 5.94. The molecule has 8 nitrogen and oxygen atoms in total. The monoisotopic (exact) mass is 355 g/mol. The molecule has 0 atom stereocenters. The molecule has 1 heterocycles. The largest absolute Gasteiger partial charge is 0.478 e. The molecule has 1 amide bonds. The summed E-state index contributed by atoms with van der Waals surface area (Å²) in [5, 5.41) is 19.8. The number of carbonyl (C=O) groups is 2. The molecule has 1 aliphatic rings. The van der Waals surface area contributed by atoms with Crippen molar-refractivity contribution in [3.63, 3.8) is 0 Å². The Morgan fingerprint density at radius 2 is 1.62 bits per heavy atom. The first-order chi connectivity index (χ1) is 12.5. The number of rotatable bonds is 4. The van der Waals surface area contributed by atoms with Crippen molar-refractivity contribution in [2.45, 2.75) is 0 Å². The zero-order valence-electron chi connectivity index (χ0n) is 13.9. The second-order valence-electron chi connectivity index (χ2n) is 5.94. The number of hydrogen-bond donors (Lipinski definition) is 1. The van der Waals surface area contributed by atoms with Crippen molar-refractivity contribution in [1.82, 2.24) is 4.90 Å². The van der Waals surface area contributed by atoms with Gasteiger partial charge in [0.2, 0.25) is 0 Å². The lowest BCUT2D eigenvalue weighted by Gasteiger charge is -2.36. The van der Waals surface area contributed by atoms with Crippen molar-refractivity contribution >= 4 is 23.3 Å². The fourth-order valence-electron chi connectivity index (χ4n) is 2.92. The molecule has 1 N–H and O–H groups in total. The summed E-state index contributed by atoms with van der Waals surface area (Å²) in [5.41, 5.74) is 1.33. The standard InChI is InChI=1S/C18H17N3O5/c22-17(14-2-1-3-16(12-14)21(25)26)20-10-8-19(9-11-20)15-6-4-13(5-7-15)18(23)24/h1-7,12H,8-11H2,(H,23,24). The number of carboxylic acids is 1. The number of carboxylic acid groups (broad SMARTS) is 1. The molecule has 0 aliphatic carbocycles. The molecule has 3 rings (SSSR count). The van der Waals surface area contributed by atoms with Gasteiger partial charge in [0.25, 0.3) is 11.6 Å². The highest BCUT2D eigenvalue weighted by Crippen LogP contribution is 2.20. The number of piperazine rings is 1. The van der Waals surface area contributed by atoms with Gasteiger partial charge in [-0.05, 0) is 30.3 Å². The number of amides is 1. The Balaban J connectivity index is 1.64. The summed E-state index contributed by atoms with van der Waals surface area (Å²) in [6, 6.07) is 12.3. The molecular weight excluding hydrogens is 338 g/mol. The van der Waals surface area contributed by atoms with E-state index in [0.29, 0.717) is 31.7 Å². The van der Waals surface area contributed by atoms with Crippen LogP contribution in [0, 0.1) is 10.1 Å². The third kappa shape index (κ3) is 3.64. The molecule has 0 unspecified atom stereocenters. The van der Waals surface area contributed by atoms with E-state index in [4.69, 9.17) is 5.11 Å². The van der Waals surface area contributed by atoms with Crippen molar-refractivity contribution in [3.8, 4) is 0 Å². The molecule has 0 spiro atoms. The van der Waals surface area contributed by atoms with Gasteiger partial charge < -0.3 is 14.9 Å². The van der Waals surface area contributed by atoms with E-state index in [-0.39, 0.29) is 17.2 Å². The van der Waals surface area contributed by atoms with Crippen molar-refractivity contribution in [2.75, 3.05) is 31.1 Å². The molecule has 0 bridgehead atoms. The van der Waals surface area contributed by atoms with Gasteiger partial charge in [-0.1, -0.05) is 6.07 Å². The van der Waals surface area contributed by atoms with Gasteiger partial charge in [-0.15, -0.1) is 0 Å². The summed E-state index contributed by atoms with van der Waals surface area (Å²) in [6.07, 6.45) is 0. The molecule has 2 aromatic rings. The number of anilines is 1. The Morgan fingerprint density at radius 1 is 0.962 bits per heavy atom. The van der Waals surface area contributed by atoms with Crippen molar-refractivity contribution in [1.29, 1.82) is 0 Å². The summed E-state index contributed by atoms with van der Waals surface area (Å²) in [7, 11) is 0. The number of aromatic carboxylic acids is 1. The summed E-state index contributed by atoms with van der Waals surface area (Å²) in [6.45, 7) is 2.19. The van der Waals surface area contributed by atoms with Crippen LogP contribution in [-0.2, 0) is 0 Å². The zero-order chi connectivity index (χ0) is 18.7. The minimum atomic E-state index is -0.969. The lowest BCUT2D eigenvalue weighted by atomic mass is 10.1. The Kier molecular flexibility index (Phi) is 4.83. The van der Waals surface area contributed by atoms with Crippen molar-refractivity contribution in [2.24, 2.45) is 0 Å². The number of benzene rings is 2. The van der Waals surface area contributed by atoms with Crippen LogP contribution in [0.2, 0.25) is 0 Å². The van der Waals surface area contributed by atoms with Crippen molar-refractivity contribution < 1.29 is 19.6 Å². The van der Waals surface area contributed by atoms with E-state index in [0.717, 1.165) is 5.69 Å². The number of nitrogens with zero attached hydrogens (tertiary/aromatic N) is 3. The lowest BCUT2D eigenvalue weighted by Crippen LogP contribution is -2.48. The van der Waals surface area contributed by atoms with Crippen LogP contribution in [0.4, 0.5) is 11.4 Å². The van der Waals surface area contributed by atoms with E-state index >= 15 is 0 Å². The van der Waals surface area contributed by atoms with Crippen LogP contribution in [0.5, 0.6) is 0 Å². The molecule has 134 valence electrons. The SMILES string of the molecule is O=C(O)c1ccc(N2CCN(C(=O)c3cccc([N+](=O)[O-])c3)CC2)cc1. The Hall–Kier alpha value is -3.42. The van der Waals surface area contributed by atoms with Crippen LogP contribution < -0.4 is 4.90 Å². The quantitative estimate of drug-likeness (QED) is 0.666. The van der Waals surface area contributed by atoms with E-state index in [1.807, 2.05) is 0 Å². The van der Waals surface area contributed by atoms with Crippen LogP contribution in [0.25, 0.3) is 0 Å². The topological polar surface area (TPSA) is 104 Å². The summed E-state index contributed by atoms with van der Waals surface area (Å²) >= 11 is 0. The van der Waals surface area contributed by atoms with Crippen LogP contribution in [-0.4, -0.2) is 53.0 Å². The molecule has 1 fully saturated rings. The molecule has 0 aromatic heterocycles. The maximum absolute atomic E-state index is 12.6.